The van der Waals surface area contributed by atoms with Crippen LogP contribution in [0.4, 0.5) is 13.2 Å². The fourth-order valence-electron chi connectivity index (χ4n) is 1.99. The summed E-state index contributed by atoms with van der Waals surface area (Å²) in [5, 5.41) is 13.9. The zero-order valence-electron chi connectivity index (χ0n) is 12.7. The maximum absolute atomic E-state index is 13.5. The van der Waals surface area contributed by atoms with Crippen LogP contribution in [0.2, 0.25) is 0 Å². The molecular weight excluding hydrogens is 343 g/mol. The number of halogens is 3. The van der Waals surface area contributed by atoms with Crippen molar-refractivity contribution >= 4 is 11.8 Å². The van der Waals surface area contributed by atoms with E-state index in [1.165, 1.54) is 7.05 Å². The minimum atomic E-state index is -1.20. The summed E-state index contributed by atoms with van der Waals surface area (Å²) in [6, 6.07) is 0.892. The first kappa shape index (κ1) is 18.0. The molecule has 2 amide bonds. The summed E-state index contributed by atoms with van der Waals surface area (Å²) >= 11 is 0. The van der Waals surface area contributed by atoms with Gasteiger partial charge < -0.3 is 20.7 Å². The molecule has 0 bridgehead atoms. The van der Waals surface area contributed by atoms with Crippen molar-refractivity contribution in [2.75, 3.05) is 7.05 Å². The van der Waals surface area contributed by atoms with Gasteiger partial charge in [-0.3, -0.25) is 14.4 Å². The molecule has 2 aromatic rings. The Morgan fingerprint density at radius 1 is 1.16 bits per heavy atom. The third kappa shape index (κ3) is 3.62. The zero-order valence-corrected chi connectivity index (χ0v) is 12.7. The van der Waals surface area contributed by atoms with E-state index in [1.807, 2.05) is 0 Å². The van der Waals surface area contributed by atoms with Gasteiger partial charge in [-0.15, -0.1) is 0 Å². The molecule has 25 heavy (non-hydrogen) atoms. The van der Waals surface area contributed by atoms with Gasteiger partial charge in [0.1, 0.15) is 23.0 Å². The molecule has 2 rings (SSSR count). The molecule has 1 aromatic carbocycles. The maximum Gasteiger partial charge on any atom is 0.271 e. The van der Waals surface area contributed by atoms with Gasteiger partial charge in [0, 0.05) is 37.5 Å². The molecule has 1 heterocycles. The van der Waals surface area contributed by atoms with E-state index >= 15 is 0 Å². The number of rotatable bonds is 4. The van der Waals surface area contributed by atoms with Crippen molar-refractivity contribution in [2.24, 2.45) is 0 Å². The Kier molecular flexibility index (Phi) is 5.11. The Bertz CT molecular complexity index is 888. The molecule has 0 spiro atoms. The van der Waals surface area contributed by atoms with E-state index in [0.29, 0.717) is 12.1 Å². The van der Waals surface area contributed by atoms with Crippen LogP contribution in [0, 0.1) is 17.5 Å². The quantitative estimate of drug-likeness (QED) is 0.650. The van der Waals surface area contributed by atoms with E-state index in [2.05, 4.69) is 15.6 Å². The van der Waals surface area contributed by atoms with Gasteiger partial charge in [-0.05, 0) is 0 Å². The van der Waals surface area contributed by atoms with Crippen molar-refractivity contribution in [3.63, 3.8) is 0 Å². The molecule has 0 saturated heterocycles. The van der Waals surface area contributed by atoms with E-state index in [-0.39, 0.29) is 0 Å². The van der Waals surface area contributed by atoms with Gasteiger partial charge in [0.2, 0.25) is 5.43 Å². The van der Waals surface area contributed by atoms with Crippen LogP contribution in [0.25, 0.3) is 0 Å². The van der Waals surface area contributed by atoms with Gasteiger partial charge >= 0.3 is 0 Å². The molecule has 10 heteroatoms. The molecule has 0 fully saturated rings. The van der Waals surface area contributed by atoms with Crippen LogP contribution < -0.4 is 16.1 Å². The summed E-state index contributed by atoms with van der Waals surface area (Å²) in [7, 11) is 1.27. The average molecular weight is 355 g/mol. The number of benzene rings is 1. The lowest BCUT2D eigenvalue weighted by molar-refractivity contribution is 0.0936. The zero-order chi connectivity index (χ0) is 18.7. The third-order valence-electron chi connectivity index (χ3n) is 3.29. The summed E-state index contributed by atoms with van der Waals surface area (Å²) in [6.07, 6.45) is 0.874. The van der Waals surface area contributed by atoms with Gasteiger partial charge in [-0.1, -0.05) is 0 Å². The van der Waals surface area contributed by atoms with Crippen LogP contribution in [-0.4, -0.2) is 29.0 Å². The lowest BCUT2D eigenvalue weighted by Crippen LogP contribution is -2.30. The number of carbonyl (C=O) groups is 2. The first-order valence-corrected chi connectivity index (χ1v) is 6.84. The highest BCUT2D eigenvalue weighted by Crippen LogP contribution is 2.15. The molecular formula is C15H12F3N3O4. The lowest BCUT2D eigenvalue weighted by Gasteiger charge is -2.09. The molecule has 0 unspecified atom stereocenters. The van der Waals surface area contributed by atoms with E-state index in [0.717, 1.165) is 6.20 Å². The van der Waals surface area contributed by atoms with Crippen molar-refractivity contribution in [1.82, 2.24) is 15.6 Å². The summed E-state index contributed by atoms with van der Waals surface area (Å²) < 4.78 is 39.8. The molecule has 0 aliphatic rings. The Hall–Kier alpha value is -3.30. The molecule has 0 aliphatic heterocycles. The van der Waals surface area contributed by atoms with Crippen molar-refractivity contribution < 1.29 is 27.9 Å². The van der Waals surface area contributed by atoms with Crippen molar-refractivity contribution in [1.29, 1.82) is 0 Å². The highest BCUT2D eigenvalue weighted by Gasteiger charge is 2.20. The fourth-order valence-corrected chi connectivity index (χ4v) is 1.99. The second-order valence-electron chi connectivity index (χ2n) is 4.86. The van der Waals surface area contributed by atoms with Crippen LogP contribution in [0.3, 0.4) is 0 Å². The number of pyridine rings is 1. The molecule has 0 radical (unpaired) electrons. The standard InChI is InChI=1S/C15H12F3N3O4/c1-19-15(25)11-13(23)12(22)8(5-20-11)14(24)21-4-7-9(17)2-6(16)3-10(7)18/h2-3,5,23H,4H2,1H3,(H,19,25)(H,20,22)(H,21,24). The SMILES string of the molecule is CNC(=O)c1[nH]cc(C(=O)NCc2c(F)cc(F)cc2F)c(=O)c1O. The number of nitrogens with one attached hydrogen (secondary N) is 3. The van der Waals surface area contributed by atoms with E-state index in [9.17, 15) is 32.7 Å². The second kappa shape index (κ2) is 7.07. The molecule has 0 aliphatic carbocycles. The second-order valence-corrected chi connectivity index (χ2v) is 4.86. The predicted octanol–water partition coefficient (Wildman–Crippen LogP) is 0.787. The number of H-pyrrole nitrogens is 1. The number of aromatic nitrogens is 1. The van der Waals surface area contributed by atoms with Gasteiger partial charge in [-0.25, -0.2) is 13.2 Å². The first-order valence-electron chi connectivity index (χ1n) is 6.84. The predicted molar refractivity (Wildman–Crippen MR) is 79.6 cm³/mol. The normalized spacial score (nSPS) is 10.4. The lowest BCUT2D eigenvalue weighted by atomic mass is 10.1. The monoisotopic (exact) mass is 355 g/mol. The number of aromatic amines is 1. The van der Waals surface area contributed by atoms with Crippen molar-refractivity contribution in [2.45, 2.75) is 6.54 Å². The van der Waals surface area contributed by atoms with Crippen molar-refractivity contribution in [3.8, 4) is 5.75 Å². The number of hydrogen-bond donors (Lipinski definition) is 4. The molecule has 4 N–H and O–H groups in total. The first-order chi connectivity index (χ1) is 11.8. The number of aromatic hydroxyl groups is 1. The van der Waals surface area contributed by atoms with E-state index < -0.39 is 63.8 Å². The minimum Gasteiger partial charge on any atom is -0.503 e. The molecule has 0 atom stereocenters. The van der Waals surface area contributed by atoms with E-state index in [4.69, 9.17) is 0 Å². The average Bonchev–Trinajstić information content (AvgIpc) is 2.55. The van der Waals surface area contributed by atoms with Crippen LogP contribution in [-0.2, 0) is 6.54 Å². The molecule has 132 valence electrons. The van der Waals surface area contributed by atoms with Gasteiger partial charge in [-0.2, -0.15) is 0 Å². The Balaban J connectivity index is 2.24. The van der Waals surface area contributed by atoms with Gasteiger partial charge in [0.25, 0.3) is 11.8 Å². The summed E-state index contributed by atoms with van der Waals surface area (Å²) in [5.74, 6) is -6.34. The fraction of sp³-hybridized carbons (Fsp3) is 0.133. The highest BCUT2D eigenvalue weighted by atomic mass is 19.1. The van der Waals surface area contributed by atoms with Crippen LogP contribution >= 0.6 is 0 Å². The summed E-state index contributed by atoms with van der Waals surface area (Å²) in [5.41, 5.74) is -2.76. The number of carbonyl (C=O) groups excluding carboxylic acids is 2. The van der Waals surface area contributed by atoms with Gasteiger partial charge in [0.15, 0.2) is 11.4 Å². The highest BCUT2D eigenvalue weighted by molar-refractivity contribution is 5.98. The molecule has 0 saturated carbocycles. The Labute approximate surface area is 138 Å². The smallest absolute Gasteiger partial charge is 0.271 e. The van der Waals surface area contributed by atoms with Crippen LogP contribution in [0.5, 0.6) is 5.75 Å². The number of hydrogen-bond acceptors (Lipinski definition) is 4. The topological polar surface area (TPSA) is 111 Å². The number of amides is 2. The van der Waals surface area contributed by atoms with Gasteiger partial charge in [0.05, 0.1) is 0 Å². The summed E-state index contributed by atoms with van der Waals surface area (Å²) in [6.45, 7) is -0.659. The maximum atomic E-state index is 13.5. The Morgan fingerprint density at radius 3 is 2.32 bits per heavy atom. The van der Waals surface area contributed by atoms with Crippen LogP contribution in [0.1, 0.15) is 26.4 Å². The minimum absolute atomic E-state index is 0.445. The molecule has 7 nitrogen and oxygen atoms in total. The third-order valence-corrected chi connectivity index (χ3v) is 3.29. The summed E-state index contributed by atoms with van der Waals surface area (Å²) in [4.78, 5) is 37.6. The van der Waals surface area contributed by atoms with Crippen molar-refractivity contribution in [3.05, 3.63) is 62.8 Å². The van der Waals surface area contributed by atoms with E-state index in [1.54, 1.807) is 0 Å². The van der Waals surface area contributed by atoms with Crippen LogP contribution in [0.15, 0.2) is 23.1 Å². The largest absolute Gasteiger partial charge is 0.503 e. The molecule has 1 aromatic heterocycles. The Morgan fingerprint density at radius 2 is 1.76 bits per heavy atom.